The van der Waals surface area contributed by atoms with E-state index in [4.69, 9.17) is 5.11 Å². The van der Waals surface area contributed by atoms with Gasteiger partial charge < -0.3 is 5.11 Å². The molecule has 13 heavy (non-hydrogen) atoms. The van der Waals surface area contributed by atoms with Gasteiger partial charge in [-0.2, -0.15) is 11.8 Å². The second-order valence-electron chi connectivity index (χ2n) is 4.01. The maximum atomic E-state index is 8.68. The second-order valence-corrected chi connectivity index (χ2v) is 5.42. The van der Waals surface area contributed by atoms with Crippen molar-refractivity contribution >= 4 is 11.8 Å². The van der Waals surface area contributed by atoms with Gasteiger partial charge in [0.15, 0.2) is 0 Å². The normalized spacial score (nSPS) is 29.1. The van der Waals surface area contributed by atoms with E-state index in [2.05, 4.69) is 18.7 Å². The second kappa shape index (κ2) is 6.72. The monoisotopic (exact) mass is 202 g/mol. The lowest BCUT2D eigenvalue weighted by Gasteiger charge is -2.27. The van der Waals surface area contributed by atoms with Crippen molar-refractivity contribution in [3.8, 4) is 0 Å². The zero-order chi connectivity index (χ0) is 9.52. The third-order valence-electron chi connectivity index (χ3n) is 2.97. The van der Waals surface area contributed by atoms with E-state index in [0.717, 1.165) is 23.3 Å². The Balaban J connectivity index is 2.11. The topological polar surface area (TPSA) is 20.2 Å². The molecule has 0 amide bonds. The van der Waals surface area contributed by atoms with E-state index in [-0.39, 0.29) is 0 Å². The van der Waals surface area contributed by atoms with Gasteiger partial charge in [-0.15, -0.1) is 0 Å². The van der Waals surface area contributed by atoms with Crippen LogP contribution in [0.3, 0.4) is 0 Å². The summed E-state index contributed by atoms with van der Waals surface area (Å²) in [6, 6.07) is 0. The molecule has 2 atom stereocenters. The molecular weight excluding hydrogens is 180 g/mol. The highest BCUT2D eigenvalue weighted by Gasteiger charge is 2.20. The minimum Gasteiger partial charge on any atom is -0.396 e. The van der Waals surface area contributed by atoms with Gasteiger partial charge in [0.05, 0.1) is 0 Å². The summed E-state index contributed by atoms with van der Waals surface area (Å²) in [5.41, 5.74) is 0. The molecule has 2 heteroatoms. The lowest BCUT2D eigenvalue weighted by molar-refractivity contribution is 0.296. The van der Waals surface area contributed by atoms with Gasteiger partial charge in [0.2, 0.25) is 0 Å². The molecule has 1 N–H and O–H groups in total. The van der Waals surface area contributed by atoms with Crippen molar-refractivity contribution in [2.45, 2.75) is 50.7 Å². The van der Waals surface area contributed by atoms with Crippen molar-refractivity contribution in [3.05, 3.63) is 0 Å². The molecule has 78 valence electrons. The zero-order valence-electron chi connectivity index (χ0n) is 8.67. The van der Waals surface area contributed by atoms with E-state index < -0.39 is 0 Å². The highest BCUT2D eigenvalue weighted by molar-refractivity contribution is 7.99. The number of aliphatic hydroxyl groups excluding tert-OH is 1. The van der Waals surface area contributed by atoms with Crippen LogP contribution in [0.4, 0.5) is 0 Å². The van der Waals surface area contributed by atoms with Crippen molar-refractivity contribution in [1.29, 1.82) is 0 Å². The molecule has 1 saturated carbocycles. The predicted molar refractivity (Wildman–Crippen MR) is 60.2 cm³/mol. The Morgan fingerprint density at radius 1 is 1.38 bits per heavy atom. The maximum absolute atomic E-state index is 8.68. The summed E-state index contributed by atoms with van der Waals surface area (Å²) < 4.78 is 0. The van der Waals surface area contributed by atoms with Crippen LogP contribution in [0.2, 0.25) is 0 Å². The van der Waals surface area contributed by atoms with E-state index in [9.17, 15) is 0 Å². The summed E-state index contributed by atoms with van der Waals surface area (Å²) in [4.78, 5) is 0. The molecule has 2 unspecified atom stereocenters. The lowest BCUT2D eigenvalue weighted by atomic mass is 9.87. The molecule has 0 saturated heterocycles. The van der Waals surface area contributed by atoms with Gasteiger partial charge in [0.1, 0.15) is 0 Å². The molecule has 0 aromatic heterocycles. The van der Waals surface area contributed by atoms with Crippen LogP contribution in [0.5, 0.6) is 0 Å². The standard InChI is InChI=1S/C11H22OS/c1-2-10-5-3-6-11(9-10)13-8-4-7-12/h10-12H,2-9H2,1H3. The summed E-state index contributed by atoms with van der Waals surface area (Å²) in [5.74, 6) is 2.14. The minimum atomic E-state index is 0.358. The van der Waals surface area contributed by atoms with Crippen LogP contribution in [0.15, 0.2) is 0 Å². The molecule has 1 rings (SSSR count). The van der Waals surface area contributed by atoms with Gasteiger partial charge in [-0.05, 0) is 30.9 Å². The molecule has 0 aromatic carbocycles. The molecule has 0 aromatic rings. The van der Waals surface area contributed by atoms with Crippen LogP contribution in [0, 0.1) is 5.92 Å². The van der Waals surface area contributed by atoms with Gasteiger partial charge >= 0.3 is 0 Å². The minimum absolute atomic E-state index is 0.358. The fraction of sp³-hybridized carbons (Fsp3) is 1.00. The number of hydrogen-bond acceptors (Lipinski definition) is 2. The largest absolute Gasteiger partial charge is 0.396 e. The Hall–Kier alpha value is 0.310. The first-order valence-electron chi connectivity index (χ1n) is 5.59. The number of thioether (sulfide) groups is 1. The third-order valence-corrected chi connectivity index (χ3v) is 4.39. The zero-order valence-corrected chi connectivity index (χ0v) is 9.48. The van der Waals surface area contributed by atoms with Gasteiger partial charge in [0.25, 0.3) is 0 Å². The van der Waals surface area contributed by atoms with E-state index in [0.29, 0.717) is 6.61 Å². The number of aliphatic hydroxyl groups is 1. The van der Waals surface area contributed by atoms with Gasteiger partial charge in [-0.1, -0.05) is 26.2 Å². The average Bonchev–Trinajstić information content (AvgIpc) is 2.19. The van der Waals surface area contributed by atoms with Gasteiger partial charge in [-0.25, -0.2) is 0 Å². The van der Waals surface area contributed by atoms with Gasteiger partial charge in [-0.3, -0.25) is 0 Å². The van der Waals surface area contributed by atoms with Crippen molar-refractivity contribution in [3.63, 3.8) is 0 Å². The summed E-state index contributed by atoms with van der Waals surface area (Å²) >= 11 is 2.08. The van der Waals surface area contributed by atoms with Crippen molar-refractivity contribution in [1.82, 2.24) is 0 Å². The Kier molecular flexibility index (Phi) is 5.88. The Labute approximate surface area is 86.3 Å². The van der Waals surface area contributed by atoms with Crippen LogP contribution in [-0.2, 0) is 0 Å². The molecule has 1 aliphatic rings. The Bertz CT molecular complexity index is 127. The fourth-order valence-corrected chi connectivity index (χ4v) is 3.45. The lowest BCUT2D eigenvalue weighted by Crippen LogP contribution is -2.17. The average molecular weight is 202 g/mol. The van der Waals surface area contributed by atoms with Crippen LogP contribution in [0.1, 0.15) is 45.4 Å². The summed E-state index contributed by atoms with van der Waals surface area (Å²) in [6.45, 7) is 2.67. The highest BCUT2D eigenvalue weighted by atomic mass is 32.2. The predicted octanol–water partition coefficient (Wildman–Crippen LogP) is 3.07. The first kappa shape index (κ1) is 11.4. The maximum Gasteiger partial charge on any atom is 0.0438 e. The highest BCUT2D eigenvalue weighted by Crippen LogP contribution is 2.33. The first-order chi connectivity index (χ1) is 6.36. The quantitative estimate of drug-likeness (QED) is 0.691. The molecule has 1 aliphatic carbocycles. The van der Waals surface area contributed by atoms with Crippen molar-refractivity contribution < 1.29 is 5.11 Å². The van der Waals surface area contributed by atoms with E-state index >= 15 is 0 Å². The van der Waals surface area contributed by atoms with E-state index in [1.807, 2.05) is 0 Å². The summed E-state index contributed by atoms with van der Waals surface area (Å²) in [7, 11) is 0. The molecule has 0 spiro atoms. The number of hydrogen-bond donors (Lipinski definition) is 1. The van der Waals surface area contributed by atoms with Gasteiger partial charge in [0, 0.05) is 11.9 Å². The molecule has 0 heterocycles. The fourth-order valence-electron chi connectivity index (χ4n) is 2.08. The molecule has 0 radical (unpaired) electrons. The molecule has 1 nitrogen and oxygen atoms in total. The molecular formula is C11H22OS. The Morgan fingerprint density at radius 2 is 2.23 bits per heavy atom. The molecule has 1 fully saturated rings. The number of rotatable bonds is 5. The van der Waals surface area contributed by atoms with E-state index in [1.54, 1.807) is 0 Å². The van der Waals surface area contributed by atoms with Crippen LogP contribution in [0.25, 0.3) is 0 Å². The molecule has 0 bridgehead atoms. The SMILES string of the molecule is CCC1CCCC(SCCCO)C1. The van der Waals surface area contributed by atoms with Crippen molar-refractivity contribution in [2.24, 2.45) is 5.92 Å². The first-order valence-corrected chi connectivity index (χ1v) is 6.64. The van der Waals surface area contributed by atoms with Crippen molar-refractivity contribution in [2.75, 3.05) is 12.4 Å². The Morgan fingerprint density at radius 3 is 2.92 bits per heavy atom. The summed E-state index contributed by atoms with van der Waals surface area (Å²) in [6.07, 6.45) is 8.04. The van der Waals surface area contributed by atoms with Crippen LogP contribution in [-0.4, -0.2) is 22.7 Å². The van der Waals surface area contributed by atoms with Crippen LogP contribution >= 0.6 is 11.8 Å². The van der Waals surface area contributed by atoms with Crippen LogP contribution < -0.4 is 0 Å². The summed E-state index contributed by atoms with van der Waals surface area (Å²) in [5, 5.41) is 9.57. The van der Waals surface area contributed by atoms with E-state index in [1.165, 1.54) is 32.1 Å². The smallest absolute Gasteiger partial charge is 0.0438 e. The molecule has 0 aliphatic heterocycles. The third kappa shape index (κ3) is 4.37.